The zero-order valence-electron chi connectivity index (χ0n) is 28.5. The Hall–Kier alpha value is -0.847. The van der Waals surface area contributed by atoms with Crippen LogP contribution in [0.3, 0.4) is 0 Å². The molecule has 6 heteroatoms. The van der Waals surface area contributed by atoms with E-state index in [2.05, 4.69) is 88.0 Å². The van der Waals surface area contributed by atoms with Gasteiger partial charge in [-0.25, -0.2) is 0 Å². The molecule has 3 saturated carbocycles. The van der Waals surface area contributed by atoms with Crippen molar-refractivity contribution in [3.05, 3.63) is 81.4 Å². The van der Waals surface area contributed by atoms with Crippen LogP contribution in [0.1, 0.15) is 123 Å². The summed E-state index contributed by atoms with van der Waals surface area (Å²) in [7, 11) is 9.68. The molecule has 45 heavy (non-hydrogen) atoms. The average Bonchev–Trinajstić information content (AvgIpc) is 3.42. The molecule has 2 aromatic rings. The van der Waals surface area contributed by atoms with Crippen molar-refractivity contribution in [1.29, 1.82) is 0 Å². The van der Waals surface area contributed by atoms with Gasteiger partial charge in [0, 0.05) is 18.1 Å². The Kier molecular flexibility index (Phi) is 13.0. The molecule has 0 bridgehead atoms. The van der Waals surface area contributed by atoms with E-state index in [4.69, 9.17) is 19.4 Å². The van der Waals surface area contributed by atoms with Gasteiger partial charge in [0.2, 0.25) is 0 Å². The number of nitrogens with zero attached hydrogens (tertiary/aromatic N) is 2. The minimum atomic E-state index is -0.346. The third-order valence-corrected chi connectivity index (χ3v) is 14.8. The number of rotatable bonds is 5. The molecule has 4 aliphatic rings. The molecule has 0 amide bonds. The van der Waals surface area contributed by atoms with Gasteiger partial charge in [-0.05, 0) is 126 Å². The van der Waals surface area contributed by atoms with Gasteiger partial charge < -0.3 is 9.80 Å². The van der Waals surface area contributed by atoms with Crippen LogP contribution in [-0.2, 0) is 15.1 Å². The molecule has 2 nitrogen and oxygen atoms in total. The number of hydrogen-bond acceptors (Lipinski definition) is 2. The van der Waals surface area contributed by atoms with Gasteiger partial charge in [0.05, 0.1) is 11.4 Å². The van der Waals surface area contributed by atoms with Crippen LogP contribution < -0.4 is 9.80 Å². The van der Waals surface area contributed by atoms with E-state index in [1.54, 1.807) is 5.57 Å². The van der Waals surface area contributed by atoms with E-state index in [1.165, 1.54) is 140 Å². The number of aryl methyl sites for hydroxylation is 6. The van der Waals surface area contributed by atoms with Gasteiger partial charge in [0.15, 0.2) is 0 Å². The van der Waals surface area contributed by atoms with Crippen LogP contribution in [-0.4, -0.2) is 17.0 Å². The molecule has 3 aliphatic carbocycles. The third-order valence-electron chi connectivity index (χ3n) is 10.8. The van der Waals surface area contributed by atoms with E-state index in [1.807, 2.05) is 0 Å². The number of hydrogen-bond donors (Lipinski definition) is 0. The molecule has 2 aromatic carbocycles. The van der Waals surface area contributed by atoms with Gasteiger partial charge >= 0.3 is 34.5 Å². The van der Waals surface area contributed by atoms with Crippen LogP contribution in [0.5, 0.6) is 0 Å². The zero-order chi connectivity index (χ0) is 32.1. The quantitative estimate of drug-likeness (QED) is 0.222. The fourth-order valence-corrected chi connectivity index (χ4v) is 13.9. The van der Waals surface area contributed by atoms with Gasteiger partial charge in [-0.1, -0.05) is 88.3 Å². The molecule has 0 aromatic heterocycles. The summed E-state index contributed by atoms with van der Waals surface area (Å²) in [5.41, 5.74) is 15.6. The predicted molar refractivity (Wildman–Crippen MR) is 197 cm³/mol. The third kappa shape index (κ3) is 8.07. The Bertz CT molecular complexity index is 1240. The Morgan fingerprint density at radius 2 is 0.956 bits per heavy atom. The van der Waals surface area contributed by atoms with Crippen molar-refractivity contribution in [2.24, 2.45) is 0 Å². The molecule has 0 radical (unpaired) electrons. The first kappa shape index (κ1) is 35.5. The summed E-state index contributed by atoms with van der Waals surface area (Å²) in [5.74, 6) is 1.49. The van der Waals surface area contributed by atoms with Crippen molar-refractivity contribution < 1.29 is 15.1 Å². The first-order valence-corrected chi connectivity index (χ1v) is 23.6. The molecule has 1 atom stereocenters. The molecule has 3 fully saturated rings. The first-order valence-electron chi connectivity index (χ1n) is 17.5. The van der Waals surface area contributed by atoms with Crippen LogP contribution in [0, 0.1) is 41.5 Å². The van der Waals surface area contributed by atoms with Gasteiger partial charge in [-0.3, -0.25) is 0 Å². The predicted octanol–water partition coefficient (Wildman–Crippen LogP) is 13.0. The van der Waals surface area contributed by atoms with Gasteiger partial charge in [0.25, 0.3) is 0 Å². The van der Waals surface area contributed by atoms with Crippen molar-refractivity contribution in [3.63, 3.8) is 0 Å². The maximum atomic E-state index is 4.85. The summed E-state index contributed by atoms with van der Waals surface area (Å²) < 4.78 is 0. The van der Waals surface area contributed by atoms with E-state index < -0.39 is 0 Å². The number of allylic oxidation sites excluding steroid dienone is 1. The summed E-state index contributed by atoms with van der Waals surface area (Å²) in [5, 5.41) is 0. The van der Waals surface area contributed by atoms with Crippen molar-refractivity contribution in [1.82, 2.24) is 0 Å². The topological polar surface area (TPSA) is 6.48 Å². The summed E-state index contributed by atoms with van der Waals surface area (Å²) in [6.07, 6.45) is 25.0. The van der Waals surface area contributed by atoms with Gasteiger partial charge in [0.1, 0.15) is 5.82 Å². The Morgan fingerprint density at radius 1 is 0.578 bits per heavy atom. The van der Waals surface area contributed by atoms with Crippen LogP contribution in [0.25, 0.3) is 0 Å². The molecule has 0 saturated heterocycles. The van der Waals surface area contributed by atoms with Crippen molar-refractivity contribution in [3.8, 4) is 0 Å². The van der Waals surface area contributed by atoms with Crippen molar-refractivity contribution in [2.45, 2.75) is 148 Å². The SMILES string of the molecule is Cc1cc(C)c(N2C=CN(c3c(C)cc(C)cc3C)C2=C2CCCCC2P(C2CCCCC2)C2CCCCC2)c(C)c1.[Cl][Ru][Cl]. The van der Waals surface area contributed by atoms with E-state index >= 15 is 0 Å². The second-order valence-electron chi connectivity index (χ2n) is 14.2. The molecule has 1 heterocycles. The van der Waals surface area contributed by atoms with E-state index in [0.717, 1.165) is 17.0 Å². The molecule has 248 valence electrons. The second-order valence-corrected chi connectivity index (χ2v) is 19.8. The standard InChI is InChI=1S/C39H55N2P.2ClH.Ru/c1-27-23-29(3)37(30(4)24-27)40-21-22-41(38-31(5)25-28(2)26-32(38)6)39(40)35-19-13-14-20-36(35)42(33-15-9-7-10-16-33)34-17-11-8-12-18-34;;;/h21-26,33-34,36H,7-20H2,1-6H3;2*1H;/q;;;+2/p-2. The number of halogens is 2. The van der Waals surface area contributed by atoms with Crippen LogP contribution in [0.15, 0.2) is 48.1 Å². The summed E-state index contributed by atoms with van der Waals surface area (Å²) in [4.78, 5) is 5.26. The number of anilines is 2. The molecule has 0 spiro atoms. The van der Waals surface area contributed by atoms with Crippen molar-refractivity contribution >= 4 is 38.7 Å². The minimum absolute atomic E-state index is 0.0264. The van der Waals surface area contributed by atoms with E-state index in [9.17, 15) is 0 Å². The van der Waals surface area contributed by atoms with Crippen molar-refractivity contribution in [2.75, 3.05) is 9.80 Å². The number of benzene rings is 2. The summed E-state index contributed by atoms with van der Waals surface area (Å²) >= 11 is -0.346. The second kappa shape index (κ2) is 16.5. The van der Waals surface area contributed by atoms with Crippen LogP contribution >= 0.6 is 27.3 Å². The van der Waals surface area contributed by atoms with E-state index in [0.29, 0.717) is 0 Å². The summed E-state index contributed by atoms with van der Waals surface area (Å²) in [6.45, 7) is 13.8. The monoisotopic (exact) mass is 754 g/mol. The average molecular weight is 755 g/mol. The molecular weight excluding hydrogens is 699 g/mol. The van der Waals surface area contributed by atoms with Crippen LogP contribution in [0.2, 0.25) is 0 Å². The summed E-state index contributed by atoms with van der Waals surface area (Å²) in [6, 6.07) is 9.55. The zero-order valence-corrected chi connectivity index (χ0v) is 32.7. The molecule has 1 unspecified atom stereocenters. The molecule has 1 aliphatic heterocycles. The Morgan fingerprint density at radius 3 is 1.36 bits per heavy atom. The molecule has 0 N–H and O–H groups in total. The maximum absolute atomic E-state index is 4.85. The molecule has 6 rings (SSSR count). The Balaban J connectivity index is 0.00000128. The Labute approximate surface area is 291 Å². The fourth-order valence-electron chi connectivity index (χ4n) is 9.31. The van der Waals surface area contributed by atoms with Gasteiger partial charge in [-0.2, -0.15) is 0 Å². The normalized spacial score (nSPS) is 21.6. The van der Waals surface area contributed by atoms with Gasteiger partial charge in [-0.15, -0.1) is 0 Å². The van der Waals surface area contributed by atoms with Crippen LogP contribution in [0.4, 0.5) is 11.4 Å². The fraction of sp³-hybridized carbons (Fsp3) is 0.590. The first-order chi connectivity index (χ1) is 21.7. The van der Waals surface area contributed by atoms with E-state index in [-0.39, 0.29) is 23.1 Å². The molecular formula is C39H55Cl2N2PRu.